The summed E-state index contributed by atoms with van der Waals surface area (Å²) in [5.74, 6) is 0. The Morgan fingerprint density at radius 3 is 3.00 bits per heavy atom. The predicted octanol–water partition coefficient (Wildman–Crippen LogP) is 3.30. The highest BCUT2D eigenvalue weighted by atomic mass is 32.1. The maximum absolute atomic E-state index is 4.19. The molecule has 0 aliphatic carbocycles. The lowest BCUT2D eigenvalue weighted by Crippen LogP contribution is -2.17. The van der Waals surface area contributed by atoms with Crippen molar-refractivity contribution in [1.29, 1.82) is 0 Å². The van der Waals surface area contributed by atoms with Crippen molar-refractivity contribution in [1.82, 2.24) is 10.3 Å². The van der Waals surface area contributed by atoms with E-state index in [0.717, 1.165) is 6.54 Å². The number of pyridine rings is 1. The minimum atomic E-state index is 0.403. The molecule has 2 aromatic rings. The Bertz CT molecular complexity index is 437. The Morgan fingerprint density at radius 1 is 1.44 bits per heavy atom. The first-order valence-corrected chi connectivity index (χ1v) is 6.31. The first kappa shape index (κ1) is 11.3. The molecule has 0 aromatic carbocycles. The molecule has 2 heterocycles. The van der Waals surface area contributed by atoms with Crippen LogP contribution in [0.25, 0.3) is 0 Å². The molecule has 0 aliphatic rings. The van der Waals surface area contributed by atoms with E-state index in [2.05, 4.69) is 47.7 Å². The molecule has 0 amide bonds. The Hall–Kier alpha value is -1.19. The van der Waals surface area contributed by atoms with E-state index >= 15 is 0 Å². The molecule has 0 bridgehead atoms. The van der Waals surface area contributed by atoms with Crippen LogP contribution in [0.3, 0.4) is 0 Å². The van der Waals surface area contributed by atoms with Crippen molar-refractivity contribution in [3.8, 4) is 0 Å². The maximum atomic E-state index is 4.19. The number of rotatable bonds is 4. The number of thiophene rings is 1. The van der Waals surface area contributed by atoms with Gasteiger partial charge < -0.3 is 5.32 Å². The molecule has 3 heteroatoms. The minimum Gasteiger partial charge on any atom is -0.305 e. The van der Waals surface area contributed by atoms with Crippen LogP contribution < -0.4 is 5.32 Å². The predicted molar refractivity (Wildman–Crippen MR) is 68.5 cm³/mol. The molecule has 1 unspecified atom stereocenters. The third-order valence-electron chi connectivity index (χ3n) is 2.51. The monoisotopic (exact) mass is 232 g/mol. The fraction of sp³-hybridized carbons (Fsp3) is 0.308. The van der Waals surface area contributed by atoms with Crippen molar-refractivity contribution >= 4 is 11.3 Å². The van der Waals surface area contributed by atoms with E-state index in [0.29, 0.717) is 6.04 Å². The highest BCUT2D eigenvalue weighted by molar-refractivity contribution is 7.10. The normalized spacial score (nSPS) is 12.6. The van der Waals surface area contributed by atoms with Crippen LogP contribution in [-0.4, -0.2) is 4.98 Å². The summed E-state index contributed by atoms with van der Waals surface area (Å²) in [6.45, 7) is 5.13. The second kappa shape index (κ2) is 5.23. The largest absolute Gasteiger partial charge is 0.305 e. The topological polar surface area (TPSA) is 24.9 Å². The zero-order valence-corrected chi connectivity index (χ0v) is 10.4. The zero-order valence-electron chi connectivity index (χ0n) is 9.60. The summed E-state index contributed by atoms with van der Waals surface area (Å²) >= 11 is 1.79. The molecule has 0 saturated heterocycles. The van der Waals surface area contributed by atoms with E-state index in [-0.39, 0.29) is 0 Å². The van der Waals surface area contributed by atoms with Crippen LogP contribution >= 0.6 is 11.3 Å². The fourth-order valence-electron chi connectivity index (χ4n) is 1.62. The van der Waals surface area contributed by atoms with Crippen LogP contribution in [0, 0.1) is 6.92 Å². The van der Waals surface area contributed by atoms with Crippen molar-refractivity contribution in [3.63, 3.8) is 0 Å². The Kier molecular flexibility index (Phi) is 3.70. The van der Waals surface area contributed by atoms with Gasteiger partial charge in [0, 0.05) is 29.9 Å². The van der Waals surface area contributed by atoms with Crippen LogP contribution in [0.2, 0.25) is 0 Å². The van der Waals surface area contributed by atoms with Crippen LogP contribution in [0.1, 0.15) is 29.0 Å². The van der Waals surface area contributed by atoms with Gasteiger partial charge in [0.25, 0.3) is 0 Å². The summed E-state index contributed by atoms with van der Waals surface area (Å²) in [5.41, 5.74) is 2.45. The minimum absolute atomic E-state index is 0.403. The molecule has 2 nitrogen and oxygen atoms in total. The zero-order chi connectivity index (χ0) is 11.4. The Balaban J connectivity index is 1.92. The number of aryl methyl sites for hydroxylation is 1. The van der Waals surface area contributed by atoms with Crippen molar-refractivity contribution in [3.05, 3.63) is 52.0 Å². The Labute approximate surface area is 100 Å². The van der Waals surface area contributed by atoms with Gasteiger partial charge in [-0.15, -0.1) is 11.3 Å². The van der Waals surface area contributed by atoms with Crippen LogP contribution in [0.4, 0.5) is 0 Å². The van der Waals surface area contributed by atoms with Gasteiger partial charge in [0.05, 0.1) is 0 Å². The number of aromatic nitrogens is 1. The fourth-order valence-corrected chi connectivity index (χ4v) is 2.38. The molecule has 16 heavy (non-hydrogen) atoms. The molecule has 0 spiro atoms. The lowest BCUT2D eigenvalue weighted by atomic mass is 10.2. The van der Waals surface area contributed by atoms with Gasteiger partial charge in [0.15, 0.2) is 0 Å². The van der Waals surface area contributed by atoms with E-state index < -0.39 is 0 Å². The van der Waals surface area contributed by atoms with E-state index in [1.165, 1.54) is 16.0 Å². The number of nitrogens with zero attached hydrogens (tertiary/aromatic N) is 1. The molecule has 0 aliphatic heterocycles. The van der Waals surface area contributed by atoms with E-state index in [1.807, 2.05) is 12.4 Å². The highest BCUT2D eigenvalue weighted by Gasteiger charge is 2.05. The summed E-state index contributed by atoms with van der Waals surface area (Å²) in [5, 5.41) is 5.61. The summed E-state index contributed by atoms with van der Waals surface area (Å²) < 4.78 is 0. The number of hydrogen-bond acceptors (Lipinski definition) is 3. The molecule has 0 fully saturated rings. The molecular weight excluding hydrogens is 216 g/mol. The summed E-state index contributed by atoms with van der Waals surface area (Å²) in [7, 11) is 0. The SMILES string of the molecule is Cc1cncc(CNC(C)c2cccs2)c1. The van der Waals surface area contributed by atoms with Gasteiger partial charge in [-0.1, -0.05) is 12.1 Å². The van der Waals surface area contributed by atoms with Crippen molar-refractivity contribution in [2.24, 2.45) is 0 Å². The lowest BCUT2D eigenvalue weighted by Gasteiger charge is -2.12. The first-order valence-electron chi connectivity index (χ1n) is 5.43. The van der Waals surface area contributed by atoms with Crippen molar-refractivity contribution in [2.45, 2.75) is 26.4 Å². The van der Waals surface area contributed by atoms with Gasteiger partial charge in [0.2, 0.25) is 0 Å². The van der Waals surface area contributed by atoms with Gasteiger partial charge in [0.1, 0.15) is 0 Å². The van der Waals surface area contributed by atoms with E-state index in [1.54, 1.807) is 11.3 Å². The molecular formula is C13H16N2S. The van der Waals surface area contributed by atoms with Gasteiger partial charge in [-0.2, -0.15) is 0 Å². The second-order valence-corrected chi connectivity index (χ2v) is 4.97. The molecule has 1 N–H and O–H groups in total. The van der Waals surface area contributed by atoms with E-state index in [9.17, 15) is 0 Å². The van der Waals surface area contributed by atoms with Gasteiger partial charge in [-0.3, -0.25) is 4.98 Å². The van der Waals surface area contributed by atoms with Crippen LogP contribution in [0.5, 0.6) is 0 Å². The number of hydrogen-bond donors (Lipinski definition) is 1. The summed E-state index contributed by atoms with van der Waals surface area (Å²) in [4.78, 5) is 5.56. The lowest BCUT2D eigenvalue weighted by molar-refractivity contribution is 0.582. The first-order chi connectivity index (χ1) is 7.75. The van der Waals surface area contributed by atoms with Gasteiger partial charge in [-0.25, -0.2) is 0 Å². The third kappa shape index (κ3) is 2.90. The molecule has 1 atom stereocenters. The average molecular weight is 232 g/mol. The van der Waals surface area contributed by atoms with Gasteiger partial charge in [-0.05, 0) is 36.4 Å². The van der Waals surface area contributed by atoms with E-state index in [4.69, 9.17) is 0 Å². The molecule has 0 radical (unpaired) electrons. The van der Waals surface area contributed by atoms with Crippen LogP contribution in [0.15, 0.2) is 36.0 Å². The molecule has 0 saturated carbocycles. The summed E-state index contributed by atoms with van der Waals surface area (Å²) in [6.07, 6.45) is 3.80. The maximum Gasteiger partial charge on any atom is 0.0388 e. The average Bonchev–Trinajstić information content (AvgIpc) is 2.79. The van der Waals surface area contributed by atoms with Gasteiger partial charge >= 0.3 is 0 Å². The smallest absolute Gasteiger partial charge is 0.0388 e. The van der Waals surface area contributed by atoms with Crippen molar-refractivity contribution < 1.29 is 0 Å². The Morgan fingerprint density at radius 2 is 2.31 bits per heavy atom. The molecule has 84 valence electrons. The molecule has 2 aromatic heterocycles. The second-order valence-electron chi connectivity index (χ2n) is 3.99. The molecule has 2 rings (SSSR count). The highest BCUT2D eigenvalue weighted by Crippen LogP contribution is 2.18. The standard InChI is InChI=1S/C13H16N2S/c1-10-6-12(8-14-7-10)9-15-11(2)13-4-3-5-16-13/h3-8,11,15H,9H2,1-2H3. The summed E-state index contributed by atoms with van der Waals surface area (Å²) in [6, 6.07) is 6.82. The number of nitrogens with one attached hydrogen (secondary N) is 1. The van der Waals surface area contributed by atoms with Crippen molar-refractivity contribution in [2.75, 3.05) is 0 Å². The van der Waals surface area contributed by atoms with Crippen LogP contribution in [-0.2, 0) is 6.54 Å². The quantitative estimate of drug-likeness (QED) is 0.875. The third-order valence-corrected chi connectivity index (χ3v) is 3.57.